The Morgan fingerprint density at radius 1 is 1.50 bits per heavy atom. The number of hydrogen-bond donors (Lipinski definition) is 4. The smallest absolute Gasteiger partial charge is 0.266 e. The van der Waals surface area contributed by atoms with Gasteiger partial charge in [0.25, 0.3) is 11.5 Å². The van der Waals surface area contributed by atoms with E-state index in [-0.39, 0.29) is 24.6 Å². The number of nitrogens with zero attached hydrogens (tertiary/aromatic N) is 1. The van der Waals surface area contributed by atoms with E-state index in [4.69, 9.17) is 10.8 Å². The number of pyridine rings is 1. The SMILES string of the molecule is Cc1cc(O)n(CCNCCO)c(=O)c1C(N)=O. The van der Waals surface area contributed by atoms with E-state index < -0.39 is 11.5 Å². The molecular weight excluding hydrogens is 238 g/mol. The molecule has 0 aromatic carbocycles. The van der Waals surface area contributed by atoms with Crippen molar-refractivity contribution < 1.29 is 15.0 Å². The summed E-state index contributed by atoms with van der Waals surface area (Å²) in [5, 5.41) is 21.1. The van der Waals surface area contributed by atoms with Crippen LogP contribution in [-0.4, -0.2) is 40.4 Å². The number of carbonyl (C=O) groups is 1. The Morgan fingerprint density at radius 2 is 2.17 bits per heavy atom. The number of carbonyl (C=O) groups excluding carboxylic acids is 1. The van der Waals surface area contributed by atoms with Crippen LogP contribution in [0.15, 0.2) is 10.9 Å². The lowest BCUT2D eigenvalue weighted by Gasteiger charge is -2.11. The highest BCUT2D eigenvalue weighted by Gasteiger charge is 2.15. The molecule has 0 aliphatic heterocycles. The number of nitrogens with two attached hydrogens (primary N) is 1. The summed E-state index contributed by atoms with van der Waals surface area (Å²) in [6.45, 7) is 2.49. The lowest BCUT2D eigenvalue weighted by Crippen LogP contribution is -2.33. The second-order valence-corrected chi connectivity index (χ2v) is 3.86. The van der Waals surface area contributed by atoms with Gasteiger partial charge in [0.05, 0.1) is 6.61 Å². The Balaban J connectivity index is 3.01. The molecule has 5 N–H and O–H groups in total. The van der Waals surface area contributed by atoms with Gasteiger partial charge in [0.2, 0.25) is 0 Å². The molecule has 0 aliphatic rings. The number of aryl methyl sites for hydroxylation is 1. The summed E-state index contributed by atoms with van der Waals surface area (Å²) in [5.74, 6) is -1.03. The second-order valence-electron chi connectivity index (χ2n) is 3.86. The van der Waals surface area contributed by atoms with Crippen molar-refractivity contribution in [3.05, 3.63) is 27.5 Å². The zero-order valence-electron chi connectivity index (χ0n) is 10.1. The molecule has 1 aromatic rings. The maximum atomic E-state index is 11.9. The first kappa shape index (κ1) is 14.2. The molecule has 0 saturated heterocycles. The highest BCUT2D eigenvalue weighted by Crippen LogP contribution is 2.11. The van der Waals surface area contributed by atoms with Crippen molar-refractivity contribution in [2.24, 2.45) is 5.73 Å². The summed E-state index contributed by atoms with van der Waals surface area (Å²) < 4.78 is 1.07. The maximum Gasteiger partial charge on any atom is 0.266 e. The molecule has 18 heavy (non-hydrogen) atoms. The topological polar surface area (TPSA) is 118 Å². The fourth-order valence-electron chi connectivity index (χ4n) is 1.66. The summed E-state index contributed by atoms with van der Waals surface area (Å²) in [6.07, 6.45) is 0. The first-order valence-electron chi connectivity index (χ1n) is 5.53. The number of amides is 1. The van der Waals surface area contributed by atoms with Crippen LogP contribution in [0.4, 0.5) is 0 Å². The Kier molecular flexibility index (Phi) is 4.87. The highest BCUT2D eigenvalue weighted by molar-refractivity contribution is 5.93. The van der Waals surface area contributed by atoms with Gasteiger partial charge >= 0.3 is 0 Å². The van der Waals surface area contributed by atoms with Gasteiger partial charge in [-0.05, 0) is 12.5 Å². The molecule has 1 rings (SSSR count). The fourth-order valence-corrected chi connectivity index (χ4v) is 1.66. The van der Waals surface area contributed by atoms with Crippen molar-refractivity contribution in [3.63, 3.8) is 0 Å². The lowest BCUT2D eigenvalue weighted by atomic mass is 10.1. The number of nitrogens with one attached hydrogen (secondary N) is 1. The van der Waals surface area contributed by atoms with Crippen LogP contribution >= 0.6 is 0 Å². The van der Waals surface area contributed by atoms with Crippen molar-refractivity contribution in [2.45, 2.75) is 13.5 Å². The summed E-state index contributed by atoms with van der Waals surface area (Å²) in [6, 6.07) is 1.33. The van der Waals surface area contributed by atoms with E-state index in [2.05, 4.69) is 5.32 Å². The first-order chi connectivity index (χ1) is 8.49. The highest BCUT2D eigenvalue weighted by atomic mass is 16.3. The molecule has 0 bridgehead atoms. The van der Waals surface area contributed by atoms with E-state index in [1.54, 1.807) is 0 Å². The molecule has 1 aromatic heterocycles. The van der Waals surface area contributed by atoms with Gasteiger partial charge < -0.3 is 21.3 Å². The van der Waals surface area contributed by atoms with Gasteiger partial charge in [-0.3, -0.25) is 14.2 Å². The first-order valence-corrected chi connectivity index (χ1v) is 5.53. The third-order valence-electron chi connectivity index (χ3n) is 2.52. The number of rotatable bonds is 6. The Hall–Kier alpha value is -1.86. The number of primary amides is 1. The average molecular weight is 255 g/mol. The molecule has 0 atom stereocenters. The summed E-state index contributed by atoms with van der Waals surface area (Å²) in [4.78, 5) is 23.1. The monoisotopic (exact) mass is 255 g/mol. The van der Waals surface area contributed by atoms with Gasteiger partial charge in [-0.25, -0.2) is 0 Å². The molecule has 0 radical (unpaired) electrons. The second kappa shape index (κ2) is 6.18. The van der Waals surface area contributed by atoms with Crippen LogP contribution in [0.1, 0.15) is 15.9 Å². The summed E-state index contributed by atoms with van der Waals surface area (Å²) in [7, 11) is 0. The molecular formula is C11H17N3O4. The molecule has 7 heteroatoms. The molecule has 0 spiro atoms. The molecule has 1 heterocycles. The largest absolute Gasteiger partial charge is 0.494 e. The van der Waals surface area contributed by atoms with E-state index in [9.17, 15) is 14.7 Å². The predicted octanol–water partition coefficient (Wildman–Crippen LogP) is -1.46. The Labute approximate surface area is 104 Å². The van der Waals surface area contributed by atoms with Crippen LogP contribution in [0, 0.1) is 6.92 Å². The van der Waals surface area contributed by atoms with Crippen molar-refractivity contribution in [3.8, 4) is 5.88 Å². The van der Waals surface area contributed by atoms with Gasteiger partial charge in [0.15, 0.2) is 5.88 Å². The van der Waals surface area contributed by atoms with Crippen LogP contribution in [-0.2, 0) is 6.54 Å². The van der Waals surface area contributed by atoms with Gasteiger partial charge in [-0.15, -0.1) is 0 Å². The average Bonchev–Trinajstić information content (AvgIpc) is 2.26. The Morgan fingerprint density at radius 3 is 2.72 bits per heavy atom. The van der Waals surface area contributed by atoms with Crippen molar-refractivity contribution in [1.29, 1.82) is 0 Å². The van der Waals surface area contributed by atoms with Gasteiger partial charge in [0.1, 0.15) is 5.56 Å². The molecule has 1 amide bonds. The van der Waals surface area contributed by atoms with E-state index in [1.807, 2.05) is 0 Å². The summed E-state index contributed by atoms with van der Waals surface area (Å²) >= 11 is 0. The minimum Gasteiger partial charge on any atom is -0.494 e. The molecule has 0 saturated carbocycles. The van der Waals surface area contributed by atoms with E-state index >= 15 is 0 Å². The van der Waals surface area contributed by atoms with Crippen LogP contribution in [0.25, 0.3) is 0 Å². The van der Waals surface area contributed by atoms with Crippen LogP contribution in [0.2, 0.25) is 0 Å². The quantitative estimate of drug-likeness (QED) is 0.463. The molecule has 0 aliphatic carbocycles. The minimum atomic E-state index is -0.811. The van der Waals surface area contributed by atoms with Crippen LogP contribution in [0.3, 0.4) is 0 Å². The summed E-state index contributed by atoms with van der Waals surface area (Å²) in [5.41, 5.74) is 4.76. The van der Waals surface area contributed by atoms with Crippen LogP contribution in [0.5, 0.6) is 5.88 Å². The van der Waals surface area contributed by atoms with Crippen molar-refractivity contribution in [1.82, 2.24) is 9.88 Å². The predicted molar refractivity (Wildman–Crippen MR) is 65.6 cm³/mol. The number of aliphatic hydroxyl groups excluding tert-OH is 1. The molecule has 0 fully saturated rings. The minimum absolute atomic E-state index is 0.0126. The Bertz CT molecular complexity index is 496. The van der Waals surface area contributed by atoms with E-state index in [0.29, 0.717) is 18.7 Å². The van der Waals surface area contributed by atoms with E-state index in [1.165, 1.54) is 13.0 Å². The number of aliphatic hydroxyl groups is 1. The number of hydrogen-bond acceptors (Lipinski definition) is 5. The lowest BCUT2D eigenvalue weighted by molar-refractivity contribution is 0.0997. The van der Waals surface area contributed by atoms with Gasteiger partial charge in [-0.1, -0.05) is 0 Å². The number of aromatic nitrogens is 1. The zero-order chi connectivity index (χ0) is 13.7. The third kappa shape index (κ3) is 3.08. The standard InChI is InChI=1S/C11H17N3O4/c1-7-6-8(16)14(4-2-13-3-5-15)11(18)9(7)10(12)17/h6,13,15-16H,2-5H2,1H3,(H2,12,17). The normalized spacial score (nSPS) is 10.6. The van der Waals surface area contributed by atoms with E-state index in [0.717, 1.165) is 4.57 Å². The van der Waals surface area contributed by atoms with Crippen LogP contribution < -0.4 is 16.6 Å². The molecule has 100 valence electrons. The maximum absolute atomic E-state index is 11.9. The van der Waals surface area contributed by atoms with Crippen molar-refractivity contribution in [2.75, 3.05) is 19.7 Å². The van der Waals surface area contributed by atoms with Gasteiger partial charge in [-0.2, -0.15) is 0 Å². The third-order valence-corrected chi connectivity index (χ3v) is 2.52. The fraction of sp³-hybridized carbons (Fsp3) is 0.455. The molecule has 7 nitrogen and oxygen atoms in total. The van der Waals surface area contributed by atoms with Crippen molar-refractivity contribution >= 4 is 5.91 Å². The van der Waals surface area contributed by atoms with Gasteiger partial charge in [0, 0.05) is 25.7 Å². The zero-order valence-corrected chi connectivity index (χ0v) is 10.1. The molecule has 0 unspecified atom stereocenters. The number of aromatic hydroxyl groups is 1.